The van der Waals surface area contributed by atoms with E-state index in [0.717, 1.165) is 56.2 Å². The molecule has 2 aliphatic rings. The Balaban J connectivity index is 1.44. The van der Waals surface area contributed by atoms with Crippen LogP contribution in [0.25, 0.3) is 0 Å². The van der Waals surface area contributed by atoms with Crippen LogP contribution in [0.3, 0.4) is 0 Å². The molecule has 1 aromatic carbocycles. The molecule has 0 heterocycles. The van der Waals surface area contributed by atoms with Crippen molar-refractivity contribution >= 4 is 15.7 Å². The van der Waals surface area contributed by atoms with Gasteiger partial charge in [-0.25, -0.2) is 13.1 Å². The van der Waals surface area contributed by atoms with Crippen molar-refractivity contribution in [3.63, 3.8) is 0 Å². The van der Waals surface area contributed by atoms with E-state index in [2.05, 4.69) is 35.2 Å². The van der Waals surface area contributed by atoms with Crippen LogP contribution in [0.1, 0.15) is 57.9 Å². The lowest BCUT2D eigenvalue weighted by molar-refractivity contribution is 0.298. The van der Waals surface area contributed by atoms with Crippen LogP contribution >= 0.6 is 0 Å². The predicted octanol–water partition coefficient (Wildman–Crippen LogP) is 4.08. The minimum absolute atomic E-state index is 0.0930. The van der Waals surface area contributed by atoms with Crippen molar-refractivity contribution in [1.29, 1.82) is 0 Å². The fraction of sp³-hybridized carbons (Fsp3) is 0.714. The molecule has 0 aliphatic heterocycles. The van der Waals surface area contributed by atoms with Crippen LogP contribution in [-0.4, -0.2) is 32.9 Å². The van der Waals surface area contributed by atoms with Gasteiger partial charge in [0.05, 0.1) is 11.9 Å². The molecule has 2 saturated carbocycles. The Kier molecular flexibility index (Phi) is 6.69. The van der Waals surface area contributed by atoms with Crippen LogP contribution in [0, 0.1) is 18.8 Å². The number of ether oxygens (including phenoxy) is 1. The summed E-state index contributed by atoms with van der Waals surface area (Å²) in [6.07, 6.45) is 6.54. The van der Waals surface area contributed by atoms with Gasteiger partial charge < -0.3 is 10.1 Å². The van der Waals surface area contributed by atoms with Gasteiger partial charge in [-0.15, -0.1) is 0 Å². The Morgan fingerprint density at radius 3 is 2.37 bits per heavy atom. The van der Waals surface area contributed by atoms with Crippen LogP contribution in [0.15, 0.2) is 18.2 Å². The molecule has 6 heteroatoms. The molecule has 2 N–H and O–H groups in total. The number of benzene rings is 1. The van der Waals surface area contributed by atoms with E-state index >= 15 is 0 Å². The normalized spacial score (nSPS) is 23.4. The van der Waals surface area contributed by atoms with E-state index in [1.165, 1.54) is 18.4 Å². The Hall–Kier alpha value is -1.27. The van der Waals surface area contributed by atoms with Gasteiger partial charge >= 0.3 is 0 Å². The second-order valence-corrected chi connectivity index (χ2v) is 10.8. The summed E-state index contributed by atoms with van der Waals surface area (Å²) >= 11 is 0. The first-order valence-corrected chi connectivity index (χ1v) is 11.9. The summed E-state index contributed by atoms with van der Waals surface area (Å²) < 4.78 is 32.9. The van der Waals surface area contributed by atoms with Crippen molar-refractivity contribution in [1.82, 2.24) is 4.72 Å². The van der Waals surface area contributed by atoms with Crippen molar-refractivity contribution in [2.75, 3.05) is 18.5 Å². The lowest BCUT2D eigenvalue weighted by Gasteiger charge is -2.29. The zero-order valence-electron chi connectivity index (χ0n) is 16.8. The third kappa shape index (κ3) is 6.11. The van der Waals surface area contributed by atoms with E-state index in [4.69, 9.17) is 4.74 Å². The maximum Gasteiger partial charge on any atom is 0.214 e. The van der Waals surface area contributed by atoms with Gasteiger partial charge in [-0.05, 0) is 82.8 Å². The SMILES string of the molecule is Cc1ccc(NC[C@H]2CC[C@H](NS(=O)(=O)C(C)C)CC2)cc1OCC1CC1. The summed E-state index contributed by atoms with van der Waals surface area (Å²) in [5, 5.41) is 3.18. The van der Waals surface area contributed by atoms with Gasteiger partial charge in [0.1, 0.15) is 5.75 Å². The highest BCUT2D eigenvalue weighted by atomic mass is 32.2. The Bertz CT molecular complexity index is 721. The van der Waals surface area contributed by atoms with E-state index in [1.54, 1.807) is 13.8 Å². The lowest BCUT2D eigenvalue weighted by atomic mass is 9.86. The number of aryl methyl sites for hydroxylation is 1. The zero-order chi connectivity index (χ0) is 19.4. The first kappa shape index (κ1) is 20.5. The van der Waals surface area contributed by atoms with E-state index in [-0.39, 0.29) is 11.3 Å². The Morgan fingerprint density at radius 1 is 1.07 bits per heavy atom. The summed E-state index contributed by atoms with van der Waals surface area (Å²) in [6, 6.07) is 6.43. The van der Waals surface area contributed by atoms with Gasteiger partial charge in [-0.1, -0.05) is 6.07 Å². The molecule has 3 rings (SSSR count). The lowest BCUT2D eigenvalue weighted by Crippen LogP contribution is -2.41. The Labute approximate surface area is 164 Å². The molecule has 0 bridgehead atoms. The second kappa shape index (κ2) is 8.82. The van der Waals surface area contributed by atoms with Gasteiger partial charge in [0.25, 0.3) is 0 Å². The quantitative estimate of drug-likeness (QED) is 0.662. The molecule has 5 nitrogen and oxygen atoms in total. The molecule has 0 unspecified atom stereocenters. The van der Waals surface area contributed by atoms with Crippen LogP contribution in [-0.2, 0) is 10.0 Å². The molecule has 27 heavy (non-hydrogen) atoms. The third-order valence-corrected chi connectivity index (χ3v) is 7.66. The van der Waals surface area contributed by atoms with Crippen molar-refractivity contribution in [2.45, 2.75) is 70.6 Å². The average molecular weight is 395 g/mol. The fourth-order valence-corrected chi connectivity index (χ4v) is 4.45. The third-order valence-electron chi connectivity index (χ3n) is 5.75. The molecule has 0 atom stereocenters. The number of anilines is 1. The predicted molar refractivity (Wildman–Crippen MR) is 111 cm³/mol. The number of rotatable bonds is 9. The molecular formula is C21H34N2O3S. The second-order valence-electron chi connectivity index (χ2n) is 8.54. The molecule has 0 aromatic heterocycles. The zero-order valence-corrected chi connectivity index (χ0v) is 17.6. The number of nitrogens with one attached hydrogen (secondary N) is 2. The van der Waals surface area contributed by atoms with E-state index in [1.807, 2.05) is 0 Å². The van der Waals surface area contributed by atoms with Crippen molar-refractivity contribution in [2.24, 2.45) is 11.8 Å². The van der Waals surface area contributed by atoms with Crippen LogP contribution in [0.2, 0.25) is 0 Å². The summed E-state index contributed by atoms with van der Waals surface area (Å²) in [4.78, 5) is 0. The number of sulfonamides is 1. The monoisotopic (exact) mass is 394 g/mol. The molecule has 152 valence electrons. The van der Waals surface area contributed by atoms with Gasteiger partial charge in [0.2, 0.25) is 10.0 Å². The molecule has 0 saturated heterocycles. The number of hydrogen-bond acceptors (Lipinski definition) is 4. The van der Waals surface area contributed by atoms with E-state index in [9.17, 15) is 8.42 Å². The fourth-order valence-electron chi connectivity index (χ4n) is 3.47. The van der Waals surface area contributed by atoms with Gasteiger partial charge in [-0.2, -0.15) is 0 Å². The van der Waals surface area contributed by atoms with Crippen LogP contribution in [0.4, 0.5) is 5.69 Å². The highest BCUT2D eigenvalue weighted by Gasteiger charge is 2.26. The Morgan fingerprint density at radius 2 is 1.74 bits per heavy atom. The van der Waals surface area contributed by atoms with Crippen molar-refractivity contribution in [3.05, 3.63) is 23.8 Å². The van der Waals surface area contributed by atoms with E-state index < -0.39 is 10.0 Å². The smallest absolute Gasteiger partial charge is 0.214 e. The van der Waals surface area contributed by atoms with Gasteiger partial charge in [0, 0.05) is 24.3 Å². The summed E-state index contributed by atoms with van der Waals surface area (Å²) in [5.41, 5.74) is 2.29. The average Bonchev–Trinajstić information content (AvgIpc) is 3.45. The van der Waals surface area contributed by atoms with Crippen LogP contribution in [0.5, 0.6) is 5.75 Å². The van der Waals surface area contributed by atoms with E-state index in [0.29, 0.717) is 5.92 Å². The minimum atomic E-state index is -3.17. The standard InChI is InChI=1S/C21H34N2O3S/c1-15(2)27(24,25)23-19-10-7-17(8-11-19)13-22-20-9-4-16(3)21(12-20)26-14-18-5-6-18/h4,9,12,15,17-19,22-23H,5-8,10-11,13-14H2,1-3H3/t17-,19-. The van der Waals surface area contributed by atoms with Crippen LogP contribution < -0.4 is 14.8 Å². The summed E-state index contributed by atoms with van der Waals surface area (Å²) in [7, 11) is -3.17. The molecule has 2 aliphatic carbocycles. The largest absolute Gasteiger partial charge is 0.493 e. The highest BCUT2D eigenvalue weighted by Crippen LogP contribution is 2.31. The molecule has 1 aromatic rings. The number of hydrogen-bond donors (Lipinski definition) is 2. The van der Waals surface area contributed by atoms with Crippen molar-refractivity contribution in [3.8, 4) is 5.75 Å². The van der Waals surface area contributed by atoms with Crippen molar-refractivity contribution < 1.29 is 13.2 Å². The maximum atomic E-state index is 12.0. The topological polar surface area (TPSA) is 67.4 Å². The molecule has 2 fully saturated rings. The maximum absolute atomic E-state index is 12.0. The molecule has 0 amide bonds. The van der Waals surface area contributed by atoms with Gasteiger partial charge in [0.15, 0.2) is 0 Å². The van der Waals surface area contributed by atoms with Gasteiger partial charge in [-0.3, -0.25) is 0 Å². The molecule has 0 radical (unpaired) electrons. The highest BCUT2D eigenvalue weighted by molar-refractivity contribution is 7.90. The molecule has 0 spiro atoms. The first-order valence-electron chi connectivity index (χ1n) is 10.3. The molecular weight excluding hydrogens is 360 g/mol. The first-order chi connectivity index (χ1) is 12.8. The summed E-state index contributed by atoms with van der Waals surface area (Å²) in [5.74, 6) is 2.32. The minimum Gasteiger partial charge on any atom is -0.493 e. The summed E-state index contributed by atoms with van der Waals surface area (Å²) in [6.45, 7) is 7.30.